The van der Waals surface area contributed by atoms with Crippen LogP contribution in [-0.2, 0) is 0 Å². The second kappa shape index (κ2) is 2.50. The average Bonchev–Trinajstić information content (AvgIpc) is 2.15. The summed E-state index contributed by atoms with van der Waals surface area (Å²) in [5.41, 5.74) is 0. The quantitative estimate of drug-likeness (QED) is 0.482. The monoisotopic (exact) mass is 146 g/mol. The molecule has 1 aromatic heterocycles. The van der Waals surface area contributed by atoms with Crippen LogP contribution >= 0.6 is 11.6 Å². The van der Waals surface area contributed by atoms with Crippen molar-refractivity contribution in [2.45, 2.75) is 0 Å². The van der Waals surface area contributed by atoms with Gasteiger partial charge in [0.1, 0.15) is 6.26 Å². The largest absolute Gasteiger partial charge is 0.363 e. The second-order valence-corrected chi connectivity index (χ2v) is 1.63. The van der Waals surface area contributed by atoms with Gasteiger partial charge in [0, 0.05) is 6.07 Å². The van der Waals surface area contributed by atoms with Crippen LogP contribution in [-0.4, -0.2) is 10.5 Å². The molecule has 4 nitrogen and oxygen atoms in total. The summed E-state index contributed by atoms with van der Waals surface area (Å²) in [6.07, 6.45) is 1.34. The lowest BCUT2D eigenvalue weighted by atomic mass is 10.6. The third-order valence-corrected chi connectivity index (χ3v) is 0.759. The van der Waals surface area contributed by atoms with Crippen molar-refractivity contribution in [3.63, 3.8) is 0 Å². The molecule has 0 bridgehead atoms. The summed E-state index contributed by atoms with van der Waals surface area (Å²) < 4.78 is 4.39. The first-order valence-corrected chi connectivity index (χ1v) is 2.53. The van der Waals surface area contributed by atoms with Gasteiger partial charge in [0.25, 0.3) is 0 Å². The molecule has 0 fully saturated rings. The Morgan fingerprint density at radius 1 is 1.89 bits per heavy atom. The number of hydrogen-bond acceptors (Lipinski definition) is 3. The number of nitrogens with one attached hydrogen (secondary N) is 1. The lowest BCUT2D eigenvalue weighted by molar-refractivity contribution is 0.268. The van der Waals surface area contributed by atoms with Crippen LogP contribution in [0.1, 0.15) is 0 Å². The molecule has 0 spiro atoms. The molecule has 0 saturated heterocycles. The predicted molar refractivity (Wildman–Crippen MR) is 31.4 cm³/mol. The summed E-state index contributed by atoms with van der Waals surface area (Å²) in [5, 5.41) is 4.89. The molecule has 1 amide bonds. The van der Waals surface area contributed by atoms with Crippen molar-refractivity contribution in [2.75, 3.05) is 5.32 Å². The van der Waals surface area contributed by atoms with Crippen LogP contribution in [0, 0.1) is 0 Å². The molecule has 0 aliphatic heterocycles. The van der Waals surface area contributed by atoms with Crippen LogP contribution in [0.4, 0.5) is 10.6 Å². The van der Waals surface area contributed by atoms with E-state index in [0.29, 0.717) is 5.82 Å². The molecule has 0 aliphatic rings. The Balaban J connectivity index is 2.58. The van der Waals surface area contributed by atoms with Gasteiger partial charge in [-0.1, -0.05) is 5.16 Å². The fraction of sp³-hybridized carbons (Fsp3) is 0. The summed E-state index contributed by atoms with van der Waals surface area (Å²) in [6.45, 7) is 0. The lowest BCUT2D eigenvalue weighted by Crippen LogP contribution is -2.00. The molecule has 1 aromatic rings. The molecule has 0 saturated carbocycles. The molecule has 0 unspecified atom stereocenters. The van der Waals surface area contributed by atoms with Gasteiger partial charge in [-0.2, -0.15) is 0 Å². The van der Waals surface area contributed by atoms with Crippen molar-refractivity contribution in [3.05, 3.63) is 12.3 Å². The third kappa shape index (κ3) is 1.73. The van der Waals surface area contributed by atoms with E-state index in [1.165, 1.54) is 12.3 Å². The number of hydrogen-bond donors (Lipinski definition) is 1. The first-order chi connectivity index (χ1) is 4.29. The summed E-state index contributed by atoms with van der Waals surface area (Å²) in [5.74, 6) is 0.315. The molecule has 5 heteroatoms. The van der Waals surface area contributed by atoms with Crippen LogP contribution in [0.2, 0.25) is 0 Å². The first-order valence-electron chi connectivity index (χ1n) is 2.16. The SMILES string of the molecule is O=C(Cl)Nc1ccon1. The summed E-state index contributed by atoms with van der Waals surface area (Å²) in [7, 11) is 0. The van der Waals surface area contributed by atoms with Crippen molar-refractivity contribution in [1.29, 1.82) is 0 Å². The van der Waals surface area contributed by atoms with E-state index in [1.54, 1.807) is 0 Å². The normalized spacial score (nSPS) is 9.00. The van der Waals surface area contributed by atoms with Crippen LogP contribution in [0.5, 0.6) is 0 Å². The van der Waals surface area contributed by atoms with Gasteiger partial charge in [0.05, 0.1) is 0 Å². The number of carbonyl (C=O) groups is 1. The minimum Gasteiger partial charge on any atom is -0.363 e. The van der Waals surface area contributed by atoms with Crippen LogP contribution in [0.25, 0.3) is 0 Å². The predicted octanol–water partition coefficient (Wildman–Crippen LogP) is 1.45. The van der Waals surface area contributed by atoms with Gasteiger partial charge in [-0.25, -0.2) is 0 Å². The van der Waals surface area contributed by atoms with Gasteiger partial charge in [-0.3, -0.25) is 10.1 Å². The number of anilines is 1. The Labute approximate surface area is 55.8 Å². The third-order valence-electron chi connectivity index (χ3n) is 0.664. The molecule has 1 rings (SSSR count). The number of halogens is 1. The molecular weight excluding hydrogens is 144 g/mol. The van der Waals surface area contributed by atoms with Gasteiger partial charge in [-0.05, 0) is 11.6 Å². The summed E-state index contributed by atoms with van der Waals surface area (Å²) >= 11 is 4.94. The van der Waals surface area contributed by atoms with Gasteiger partial charge >= 0.3 is 5.37 Å². The van der Waals surface area contributed by atoms with Crippen LogP contribution in [0.3, 0.4) is 0 Å². The molecule has 48 valence electrons. The van der Waals surface area contributed by atoms with Crippen molar-refractivity contribution < 1.29 is 9.32 Å². The highest BCUT2D eigenvalue weighted by molar-refractivity contribution is 6.65. The van der Waals surface area contributed by atoms with E-state index in [4.69, 9.17) is 11.6 Å². The van der Waals surface area contributed by atoms with Crippen LogP contribution < -0.4 is 5.32 Å². The maximum Gasteiger partial charge on any atom is 0.319 e. The molecule has 0 aromatic carbocycles. The number of nitrogens with zero attached hydrogens (tertiary/aromatic N) is 1. The standard InChI is InChI=1S/C4H3ClN2O2/c5-4(8)6-3-1-2-9-7-3/h1-2H,(H,6,7,8). The zero-order valence-corrected chi connectivity index (χ0v) is 5.05. The average molecular weight is 147 g/mol. The molecule has 0 radical (unpaired) electrons. The Bertz CT molecular complexity index is 196. The van der Waals surface area contributed by atoms with E-state index in [9.17, 15) is 4.79 Å². The minimum atomic E-state index is -0.677. The highest BCUT2D eigenvalue weighted by atomic mass is 35.5. The Morgan fingerprint density at radius 3 is 3.11 bits per heavy atom. The maximum absolute atomic E-state index is 10.1. The van der Waals surface area contributed by atoms with Gasteiger partial charge in [0.2, 0.25) is 0 Å². The van der Waals surface area contributed by atoms with E-state index in [2.05, 4.69) is 15.0 Å². The van der Waals surface area contributed by atoms with E-state index in [-0.39, 0.29) is 0 Å². The van der Waals surface area contributed by atoms with Gasteiger partial charge in [0.15, 0.2) is 5.82 Å². The summed E-state index contributed by atoms with van der Waals surface area (Å²) in [6, 6.07) is 1.49. The minimum absolute atomic E-state index is 0.315. The Morgan fingerprint density at radius 2 is 2.67 bits per heavy atom. The van der Waals surface area contributed by atoms with Crippen LogP contribution in [0.15, 0.2) is 16.9 Å². The lowest BCUT2D eigenvalue weighted by Gasteiger charge is -1.87. The summed E-state index contributed by atoms with van der Waals surface area (Å²) in [4.78, 5) is 10.1. The highest BCUT2D eigenvalue weighted by Gasteiger charge is 1.97. The molecule has 1 heterocycles. The Kier molecular flexibility index (Phi) is 1.69. The van der Waals surface area contributed by atoms with Crippen molar-refractivity contribution in [3.8, 4) is 0 Å². The van der Waals surface area contributed by atoms with Crippen molar-refractivity contribution in [1.82, 2.24) is 5.16 Å². The van der Waals surface area contributed by atoms with Crippen molar-refractivity contribution >= 4 is 22.8 Å². The molecular formula is C4H3ClN2O2. The van der Waals surface area contributed by atoms with E-state index >= 15 is 0 Å². The fourth-order valence-corrected chi connectivity index (χ4v) is 0.475. The molecule has 1 N–H and O–H groups in total. The highest BCUT2D eigenvalue weighted by Crippen LogP contribution is 2.01. The molecule has 9 heavy (non-hydrogen) atoms. The van der Waals surface area contributed by atoms with Gasteiger partial charge in [-0.15, -0.1) is 0 Å². The smallest absolute Gasteiger partial charge is 0.319 e. The van der Waals surface area contributed by atoms with E-state index in [1.807, 2.05) is 0 Å². The second-order valence-electron chi connectivity index (χ2n) is 1.28. The molecule has 0 atom stereocenters. The first kappa shape index (κ1) is 6.10. The molecule has 0 aliphatic carbocycles. The fourth-order valence-electron chi connectivity index (χ4n) is 0.378. The number of amides is 1. The topological polar surface area (TPSA) is 55.1 Å². The van der Waals surface area contributed by atoms with E-state index < -0.39 is 5.37 Å². The number of aromatic nitrogens is 1. The number of carbonyl (C=O) groups excluding carboxylic acids is 1. The zero-order valence-electron chi connectivity index (χ0n) is 4.30. The van der Waals surface area contributed by atoms with Crippen molar-refractivity contribution in [2.24, 2.45) is 0 Å². The van der Waals surface area contributed by atoms with Gasteiger partial charge < -0.3 is 4.52 Å². The zero-order chi connectivity index (χ0) is 6.69. The van der Waals surface area contributed by atoms with E-state index in [0.717, 1.165) is 0 Å². The maximum atomic E-state index is 10.1. The number of rotatable bonds is 1. The Hall–Kier alpha value is -1.03.